The van der Waals surface area contributed by atoms with Crippen molar-refractivity contribution in [2.24, 2.45) is 0 Å². The molecule has 0 atom stereocenters. The maximum atomic E-state index is 3.64. The number of benzene rings is 1. The molecule has 0 aliphatic rings. The zero-order valence-corrected chi connectivity index (χ0v) is 7.33. The Kier molecular flexibility index (Phi) is 2.01. The molecular formula is C12H11N. The van der Waals surface area contributed by atoms with Gasteiger partial charge in [-0.2, -0.15) is 0 Å². The van der Waals surface area contributed by atoms with Crippen LogP contribution in [0, 0.1) is 0 Å². The standard InChI is InChI=1S/C12H11N/c1-2-3-6-10-9-13-12-8-5-4-7-11(10)12/h2-9,13H,1H2. The first-order valence-corrected chi connectivity index (χ1v) is 4.27. The van der Waals surface area contributed by atoms with Crippen LogP contribution in [-0.4, -0.2) is 4.98 Å². The van der Waals surface area contributed by atoms with E-state index in [0.717, 1.165) is 0 Å². The summed E-state index contributed by atoms with van der Waals surface area (Å²) in [5, 5.41) is 1.25. The molecule has 0 spiro atoms. The number of allylic oxidation sites excluding steroid dienone is 2. The molecule has 0 radical (unpaired) electrons. The Morgan fingerprint density at radius 3 is 2.92 bits per heavy atom. The molecule has 1 nitrogen and oxygen atoms in total. The van der Waals surface area contributed by atoms with E-state index in [1.807, 2.05) is 30.5 Å². The number of aromatic nitrogens is 1. The lowest BCUT2D eigenvalue weighted by Gasteiger charge is -1.89. The van der Waals surface area contributed by atoms with Crippen molar-refractivity contribution in [3.8, 4) is 0 Å². The Morgan fingerprint density at radius 1 is 1.23 bits per heavy atom. The third-order valence-corrected chi connectivity index (χ3v) is 2.03. The minimum Gasteiger partial charge on any atom is -0.361 e. The van der Waals surface area contributed by atoms with Gasteiger partial charge in [-0.15, -0.1) is 0 Å². The number of H-pyrrole nitrogens is 1. The normalized spacial score (nSPS) is 11.1. The molecule has 0 bridgehead atoms. The van der Waals surface area contributed by atoms with Gasteiger partial charge in [0.25, 0.3) is 0 Å². The van der Waals surface area contributed by atoms with Crippen molar-refractivity contribution in [3.05, 3.63) is 54.8 Å². The summed E-state index contributed by atoms with van der Waals surface area (Å²) in [4.78, 5) is 3.21. The number of para-hydroxylation sites is 1. The van der Waals surface area contributed by atoms with Crippen LogP contribution in [-0.2, 0) is 0 Å². The van der Waals surface area contributed by atoms with Crippen molar-refractivity contribution in [2.45, 2.75) is 0 Å². The first kappa shape index (κ1) is 7.87. The van der Waals surface area contributed by atoms with Crippen LogP contribution in [0.3, 0.4) is 0 Å². The minimum absolute atomic E-state index is 1.17. The summed E-state index contributed by atoms with van der Waals surface area (Å²) >= 11 is 0. The van der Waals surface area contributed by atoms with Crippen LogP contribution in [0.5, 0.6) is 0 Å². The van der Waals surface area contributed by atoms with E-state index in [2.05, 4.69) is 23.7 Å². The molecule has 1 N–H and O–H groups in total. The van der Waals surface area contributed by atoms with Crippen LogP contribution < -0.4 is 0 Å². The number of fused-ring (bicyclic) bond motifs is 1. The Balaban J connectivity index is 2.57. The minimum atomic E-state index is 1.17. The molecule has 0 saturated carbocycles. The van der Waals surface area contributed by atoms with Gasteiger partial charge in [-0.1, -0.05) is 43.0 Å². The molecule has 2 aromatic rings. The molecular weight excluding hydrogens is 158 g/mol. The molecule has 2 rings (SSSR count). The fraction of sp³-hybridized carbons (Fsp3) is 0. The lowest BCUT2D eigenvalue weighted by molar-refractivity contribution is 1.47. The van der Waals surface area contributed by atoms with Crippen molar-refractivity contribution in [1.29, 1.82) is 0 Å². The Labute approximate surface area is 77.4 Å². The van der Waals surface area contributed by atoms with Gasteiger partial charge >= 0.3 is 0 Å². The molecule has 13 heavy (non-hydrogen) atoms. The average molecular weight is 169 g/mol. The second-order valence-corrected chi connectivity index (χ2v) is 2.88. The van der Waals surface area contributed by atoms with Gasteiger partial charge in [0.15, 0.2) is 0 Å². The quantitative estimate of drug-likeness (QED) is 0.663. The maximum absolute atomic E-state index is 3.64. The lowest BCUT2D eigenvalue weighted by atomic mass is 10.1. The maximum Gasteiger partial charge on any atom is 0.0460 e. The average Bonchev–Trinajstić information content (AvgIpc) is 2.58. The number of hydrogen-bond acceptors (Lipinski definition) is 0. The second-order valence-electron chi connectivity index (χ2n) is 2.88. The van der Waals surface area contributed by atoms with Gasteiger partial charge in [0, 0.05) is 17.1 Å². The van der Waals surface area contributed by atoms with Gasteiger partial charge in [-0.05, 0) is 11.6 Å². The monoisotopic (exact) mass is 169 g/mol. The van der Waals surface area contributed by atoms with E-state index >= 15 is 0 Å². The van der Waals surface area contributed by atoms with Crippen LogP contribution in [0.1, 0.15) is 5.56 Å². The summed E-state index contributed by atoms with van der Waals surface area (Å²) in [5.74, 6) is 0. The predicted octanol–water partition coefficient (Wildman–Crippen LogP) is 3.37. The first-order chi connectivity index (χ1) is 6.42. The molecule has 0 aliphatic carbocycles. The number of nitrogens with one attached hydrogen (secondary N) is 1. The Morgan fingerprint density at radius 2 is 2.08 bits per heavy atom. The summed E-state index contributed by atoms with van der Waals surface area (Å²) in [6, 6.07) is 8.25. The van der Waals surface area contributed by atoms with E-state index in [1.165, 1.54) is 16.5 Å². The largest absolute Gasteiger partial charge is 0.361 e. The van der Waals surface area contributed by atoms with Gasteiger partial charge < -0.3 is 4.98 Å². The highest BCUT2D eigenvalue weighted by molar-refractivity contribution is 5.88. The molecule has 64 valence electrons. The Bertz CT molecular complexity index is 449. The highest BCUT2D eigenvalue weighted by Crippen LogP contribution is 2.18. The number of rotatable bonds is 2. The van der Waals surface area contributed by atoms with E-state index in [1.54, 1.807) is 6.08 Å². The number of hydrogen-bond donors (Lipinski definition) is 1. The smallest absolute Gasteiger partial charge is 0.0460 e. The van der Waals surface area contributed by atoms with E-state index < -0.39 is 0 Å². The van der Waals surface area contributed by atoms with Crippen molar-refractivity contribution < 1.29 is 0 Å². The topological polar surface area (TPSA) is 15.8 Å². The van der Waals surface area contributed by atoms with Crippen LogP contribution in [0.2, 0.25) is 0 Å². The SMILES string of the molecule is C=CC=Cc1c[nH]c2ccccc12. The highest BCUT2D eigenvalue weighted by Gasteiger charge is 1.97. The van der Waals surface area contributed by atoms with Gasteiger partial charge in [-0.3, -0.25) is 0 Å². The molecule has 1 heteroatoms. The van der Waals surface area contributed by atoms with Crippen molar-refractivity contribution in [3.63, 3.8) is 0 Å². The molecule has 0 amide bonds. The molecule has 0 unspecified atom stereocenters. The molecule has 0 fully saturated rings. The van der Waals surface area contributed by atoms with Crippen molar-refractivity contribution in [2.75, 3.05) is 0 Å². The zero-order valence-electron chi connectivity index (χ0n) is 7.33. The zero-order chi connectivity index (χ0) is 9.10. The van der Waals surface area contributed by atoms with Gasteiger partial charge in [0.2, 0.25) is 0 Å². The predicted molar refractivity (Wildman–Crippen MR) is 57.5 cm³/mol. The van der Waals surface area contributed by atoms with Gasteiger partial charge in [0.1, 0.15) is 0 Å². The fourth-order valence-corrected chi connectivity index (χ4v) is 1.40. The van der Waals surface area contributed by atoms with Crippen molar-refractivity contribution >= 4 is 17.0 Å². The second kappa shape index (κ2) is 3.31. The summed E-state index contributed by atoms with van der Waals surface area (Å²) in [5.41, 5.74) is 2.38. The van der Waals surface area contributed by atoms with Crippen molar-refractivity contribution in [1.82, 2.24) is 4.98 Å². The Hall–Kier alpha value is -1.76. The third-order valence-electron chi connectivity index (χ3n) is 2.03. The molecule has 1 aromatic carbocycles. The molecule has 0 aliphatic heterocycles. The fourth-order valence-electron chi connectivity index (χ4n) is 1.40. The molecule has 0 saturated heterocycles. The molecule has 1 heterocycles. The van der Waals surface area contributed by atoms with Crippen LogP contribution in [0.25, 0.3) is 17.0 Å². The summed E-state index contributed by atoms with van der Waals surface area (Å²) in [7, 11) is 0. The summed E-state index contributed by atoms with van der Waals surface area (Å²) < 4.78 is 0. The van der Waals surface area contributed by atoms with E-state index in [-0.39, 0.29) is 0 Å². The molecule has 1 aromatic heterocycles. The lowest BCUT2D eigenvalue weighted by Crippen LogP contribution is -1.66. The van der Waals surface area contributed by atoms with Gasteiger partial charge in [0.05, 0.1) is 0 Å². The van der Waals surface area contributed by atoms with E-state index in [0.29, 0.717) is 0 Å². The highest BCUT2D eigenvalue weighted by atomic mass is 14.7. The summed E-state index contributed by atoms with van der Waals surface area (Å²) in [6.45, 7) is 3.64. The van der Waals surface area contributed by atoms with Crippen LogP contribution in [0.15, 0.2) is 49.2 Å². The summed E-state index contributed by atoms with van der Waals surface area (Å²) in [6.07, 6.45) is 7.77. The third kappa shape index (κ3) is 1.41. The van der Waals surface area contributed by atoms with Gasteiger partial charge in [-0.25, -0.2) is 0 Å². The van der Waals surface area contributed by atoms with Crippen LogP contribution >= 0.6 is 0 Å². The van der Waals surface area contributed by atoms with E-state index in [4.69, 9.17) is 0 Å². The number of aromatic amines is 1. The van der Waals surface area contributed by atoms with E-state index in [9.17, 15) is 0 Å². The van der Waals surface area contributed by atoms with Crippen LogP contribution in [0.4, 0.5) is 0 Å². The first-order valence-electron chi connectivity index (χ1n) is 4.27.